The molecule has 0 bridgehead atoms. The van der Waals surface area contributed by atoms with Gasteiger partial charge in [-0.05, 0) is 35.4 Å². The van der Waals surface area contributed by atoms with Crippen molar-refractivity contribution in [3.8, 4) is 0 Å². The third-order valence-corrected chi connectivity index (χ3v) is 5.53. The van der Waals surface area contributed by atoms with Crippen molar-refractivity contribution in [3.05, 3.63) is 34.9 Å². The lowest BCUT2D eigenvalue weighted by molar-refractivity contribution is 0.0660. The van der Waals surface area contributed by atoms with E-state index in [4.69, 9.17) is 11.6 Å². The fraction of sp³-hybridized carbons (Fsp3) is 0.619. The molecule has 6 heteroatoms. The van der Waals surface area contributed by atoms with Gasteiger partial charge in [0, 0.05) is 11.6 Å². The van der Waals surface area contributed by atoms with Crippen molar-refractivity contribution in [3.63, 3.8) is 0 Å². The zero-order chi connectivity index (χ0) is 20.2. The molecule has 1 aromatic carbocycles. The summed E-state index contributed by atoms with van der Waals surface area (Å²) in [7, 11) is 0. The molecule has 150 valence electrons. The molecule has 1 saturated carbocycles. The Balaban J connectivity index is 2.27. The number of aliphatic hydroxyl groups is 1. The topological polar surface area (TPSA) is 118 Å². The van der Waals surface area contributed by atoms with Crippen molar-refractivity contribution >= 4 is 11.7 Å². The first-order valence-electron chi connectivity index (χ1n) is 9.78. The van der Waals surface area contributed by atoms with E-state index >= 15 is 0 Å². The van der Waals surface area contributed by atoms with Crippen LogP contribution in [0.4, 0.5) is 0 Å². The van der Waals surface area contributed by atoms with E-state index in [1.54, 1.807) is 18.2 Å². The number of rotatable bonds is 6. The highest BCUT2D eigenvalue weighted by Gasteiger charge is 2.30. The van der Waals surface area contributed by atoms with E-state index in [-0.39, 0.29) is 16.5 Å². The number of hydrogen-bond acceptors (Lipinski definition) is 5. The lowest BCUT2D eigenvalue weighted by Gasteiger charge is -2.27. The van der Waals surface area contributed by atoms with Crippen molar-refractivity contribution < 1.29 is 14.7 Å². The van der Waals surface area contributed by atoms with Gasteiger partial charge in [-0.15, -0.1) is 0 Å². The zero-order valence-electron chi connectivity index (χ0n) is 16.6. The second-order valence-electron chi connectivity index (χ2n) is 8.70. The van der Waals surface area contributed by atoms with Gasteiger partial charge < -0.3 is 10.8 Å². The molecule has 2 atom stereocenters. The highest BCUT2D eigenvalue weighted by atomic mass is 16.3. The Morgan fingerprint density at radius 2 is 1.81 bits per heavy atom. The molecule has 0 spiro atoms. The van der Waals surface area contributed by atoms with Crippen LogP contribution in [0.3, 0.4) is 0 Å². The van der Waals surface area contributed by atoms with Gasteiger partial charge in [0.1, 0.15) is 6.10 Å². The number of aliphatic hydroxyl groups excluding tert-OH is 1. The van der Waals surface area contributed by atoms with Crippen LogP contribution in [0.5, 0.6) is 0 Å². The lowest BCUT2D eigenvalue weighted by atomic mass is 9.81. The quantitative estimate of drug-likeness (QED) is 0.263. The maximum absolute atomic E-state index is 13.0. The molecular formula is C21H33N3O3. The zero-order valence-corrected chi connectivity index (χ0v) is 16.6. The molecule has 0 saturated heterocycles. The molecule has 1 amide bonds. The SMILES string of the molecule is CC(C)(C)c1ccc(C(=O)NN)c(C(=O)C(O)[C@H](N)CC2CCCCC2)c1. The largest absolute Gasteiger partial charge is 0.383 e. The molecule has 6 N–H and O–H groups in total. The first kappa shape index (κ1) is 21.5. The molecule has 1 aromatic rings. The molecule has 1 unspecified atom stereocenters. The molecule has 0 aromatic heterocycles. The van der Waals surface area contributed by atoms with Crippen LogP contribution >= 0.6 is 0 Å². The summed E-state index contributed by atoms with van der Waals surface area (Å²) in [6, 6.07) is 4.40. The molecule has 1 aliphatic carbocycles. The molecule has 27 heavy (non-hydrogen) atoms. The average Bonchev–Trinajstić information content (AvgIpc) is 2.65. The third kappa shape index (κ3) is 5.37. The standard InChI is InChI=1S/C21H33N3O3/c1-21(2,3)14-9-10-15(20(27)24-23)16(12-14)18(25)19(26)17(22)11-13-7-5-4-6-8-13/h9-10,12-13,17,19,26H,4-8,11,22-23H2,1-3H3,(H,24,27)/t17-,19?/m1/s1. The number of carbonyl (C=O) groups excluding carboxylic acids is 2. The fourth-order valence-electron chi connectivity index (χ4n) is 3.78. The van der Waals surface area contributed by atoms with Crippen LogP contribution in [0.2, 0.25) is 0 Å². The summed E-state index contributed by atoms with van der Waals surface area (Å²) in [6.45, 7) is 6.06. The number of ketones is 1. The summed E-state index contributed by atoms with van der Waals surface area (Å²) in [4.78, 5) is 25.1. The van der Waals surface area contributed by atoms with E-state index in [0.717, 1.165) is 18.4 Å². The number of benzene rings is 1. The Bertz CT molecular complexity index is 676. The van der Waals surface area contributed by atoms with Gasteiger partial charge >= 0.3 is 0 Å². The highest BCUT2D eigenvalue weighted by Crippen LogP contribution is 2.29. The molecule has 0 aliphatic heterocycles. The number of hydrogen-bond donors (Lipinski definition) is 4. The Labute approximate surface area is 161 Å². The maximum Gasteiger partial charge on any atom is 0.265 e. The fourth-order valence-corrected chi connectivity index (χ4v) is 3.78. The minimum absolute atomic E-state index is 0.152. The van der Waals surface area contributed by atoms with E-state index in [9.17, 15) is 14.7 Å². The third-order valence-electron chi connectivity index (χ3n) is 5.53. The van der Waals surface area contributed by atoms with Gasteiger partial charge in [0.05, 0.1) is 5.56 Å². The van der Waals surface area contributed by atoms with Crippen molar-refractivity contribution in [2.24, 2.45) is 17.5 Å². The van der Waals surface area contributed by atoms with E-state index in [1.807, 2.05) is 20.8 Å². The molecular weight excluding hydrogens is 342 g/mol. The van der Waals surface area contributed by atoms with Crippen LogP contribution < -0.4 is 17.0 Å². The van der Waals surface area contributed by atoms with Gasteiger partial charge in [0.15, 0.2) is 5.78 Å². The summed E-state index contributed by atoms with van der Waals surface area (Å²) in [6.07, 6.45) is 5.05. The Morgan fingerprint density at radius 3 is 2.37 bits per heavy atom. The molecule has 1 aliphatic rings. The van der Waals surface area contributed by atoms with Crippen LogP contribution in [-0.2, 0) is 5.41 Å². The maximum atomic E-state index is 13.0. The number of hydrazine groups is 1. The number of Topliss-reactive ketones (excluding diaryl/α,β-unsaturated/α-hetero) is 1. The Hall–Kier alpha value is -1.76. The highest BCUT2D eigenvalue weighted by molar-refractivity contribution is 6.09. The smallest absolute Gasteiger partial charge is 0.265 e. The molecule has 0 radical (unpaired) electrons. The van der Waals surface area contributed by atoms with Gasteiger partial charge in [0.25, 0.3) is 5.91 Å². The number of nitrogens with two attached hydrogens (primary N) is 2. The van der Waals surface area contributed by atoms with Gasteiger partial charge in [-0.25, -0.2) is 5.84 Å². The minimum atomic E-state index is -1.34. The summed E-state index contributed by atoms with van der Waals surface area (Å²) < 4.78 is 0. The van der Waals surface area contributed by atoms with Gasteiger partial charge in [0.2, 0.25) is 0 Å². The predicted molar refractivity (Wildman–Crippen MR) is 106 cm³/mol. The second kappa shape index (κ2) is 8.95. The monoisotopic (exact) mass is 375 g/mol. The predicted octanol–water partition coefficient (Wildman–Crippen LogP) is 2.43. The van der Waals surface area contributed by atoms with Crippen LogP contribution in [-0.4, -0.2) is 28.9 Å². The van der Waals surface area contributed by atoms with E-state index in [1.165, 1.54) is 19.3 Å². The number of carbonyl (C=O) groups is 2. The van der Waals surface area contributed by atoms with Crippen LogP contribution in [0.15, 0.2) is 18.2 Å². The lowest BCUT2D eigenvalue weighted by Crippen LogP contribution is -2.43. The number of amides is 1. The normalized spacial score (nSPS) is 18.0. The summed E-state index contributed by atoms with van der Waals surface area (Å²) >= 11 is 0. The van der Waals surface area contributed by atoms with E-state index < -0.39 is 23.8 Å². The number of nitrogen functional groups attached to an aromatic ring is 1. The number of nitrogens with one attached hydrogen (secondary N) is 1. The van der Waals surface area contributed by atoms with Crippen LogP contribution in [0, 0.1) is 5.92 Å². The van der Waals surface area contributed by atoms with Crippen LogP contribution in [0.1, 0.15) is 85.6 Å². The minimum Gasteiger partial charge on any atom is -0.383 e. The summed E-state index contributed by atoms with van der Waals surface area (Å²) in [5.41, 5.74) is 9.24. The van der Waals surface area contributed by atoms with Gasteiger partial charge in [-0.2, -0.15) is 0 Å². The van der Waals surface area contributed by atoms with Crippen molar-refractivity contribution in [2.45, 2.75) is 76.9 Å². The van der Waals surface area contributed by atoms with Gasteiger partial charge in [-0.3, -0.25) is 15.0 Å². The Kier molecular flexibility index (Phi) is 7.14. The molecule has 2 rings (SSSR count). The average molecular weight is 376 g/mol. The van der Waals surface area contributed by atoms with Crippen molar-refractivity contribution in [1.29, 1.82) is 0 Å². The summed E-state index contributed by atoms with van der Waals surface area (Å²) in [5, 5.41) is 10.6. The molecule has 6 nitrogen and oxygen atoms in total. The van der Waals surface area contributed by atoms with E-state index in [0.29, 0.717) is 12.3 Å². The van der Waals surface area contributed by atoms with Crippen molar-refractivity contribution in [1.82, 2.24) is 5.43 Å². The van der Waals surface area contributed by atoms with Crippen molar-refractivity contribution in [2.75, 3.05) is 0 Å². The second-order valence-corrected chi connectivity index (χ2v) is 8.70. The first-order chi connectivity index (χ1) is 12.6. The van der Waals surface area contributed by atoms with Crippen LogP contribution in [0.25, 0.3) is 0 Å². The molecule has 0 heterocycles. The summed E-state index contributed by atoms with van der Waals surface area (Å²) in [5.74, 6) is 4.62. The van der Waals surface area contributed by atoms with Gasteiger partial charge in [-0.1, -0.05) is 58.9 Å². The first-order valence-corrected chi connectivity index (χ1v) is 9.78. The molecule has 1 fully saturated rings. The van der Waals surface area contributed by atoms with E-state index in [2.05, 4.69) is 5.43 Å². The Morgan fingerprint density at radius 1 is 1.19 bits per heavy atom.